The molecule has 0 aliphatic heterocycles. The Morgan fingerprint density at radius 2 is 2.03 bits per heavy atom. The zero-order chi connectivity index (χ0) is 21.6. The van der Waals surface area contributed by atoms with E-state index in [1.54, 1.807) is 26.0 Å². The summed E-state index contributed by atoms with van der Waals surface area (Å²) in [6.07, 6.45) is 0.262. The lowest BCUT2D eigenvalue weighted by atomic mass is 9.99. The van der Waals surface area contributed by atoms with Crippen LogP contribution < -0.4 is 15.6 Å². The van der Waals surface area contributed by atoms with Crippen molar-refractivity contribution in [2.75, 3.05) is 19.0 Å². The van der Waals surface area contributed by atoms with Gasteiger partial charge in [-0.25, -0.2) is 0 Å². The first-order valence-electron chi connectivity index (χ1n) is 8.68. The van der Waals surface area contributed by atoms with E-state index < -0.39 is 24.0 Å². The van der Waals surface area contributed by atoms with Gasteiger partial charge in [0, 0.05) is 17.1 Å². The fourth-order valence-electron chi connectivity index (χ4n) is 2.83. The van der Waals surface area contributed by atoms with Crippen LogP contribution in [-0.2, 0) is 20.7 Å². The summed E-state index contributed by atoms with van der Waals surface area (Å²) in [7, 11) is 1.46. The Morgan fingerprint density at radius 1 is 1.31 bits per heavy atom. The summed E-state index contributed by atoms with van der Waals surface area (Å²) in [4.78, 5) is 38.4. The quantitative estimate of drug-likeness (QED) is 0.668. The second kappa shape index (κ2) is 9.75. The molecule has 1 aromatic carbocycles. The summed E-state index contributed by atoms with van der Waals surface area (Å²) in [6.45, 7) is 2.89. The van der Waals surface area contributed by atoms with Gasteiger partial charge >= 0.3 is 5.97 Å². The number of anilines is 1. The third-order valence-corrected chi connectivity index (χ3v) is 4.53. The van der Waals surface area contributed by atoms with E-state index >= 15 is 0 Å². The number of benzene rings is 1. The number of pyridine rings is 1. The Balaban J connectivity index is 1.93. The van der Waals surface area contributed by atoms with Crippen LogP contribution in [0.25, 0.3) is 0 Å². The number of hydrogen-bond donors (Lipinski definition) is 2. The molecule has 0 aliphatic carbocycles. The standard InChI is InChI=1S/C20H20ClN3O5/c1-11-14(12(2)23-20(27)15(11)9-22)5-7-19(26)29-10-18(25)24-16-8-13(21)4-6-17(16)28-3/h4,6,8H,5,7,10H2,1-3H3,(H,23,27)(H,24,25). The van der Waals surface area contributed by atoms with Crippen LogP contribution in [0.2, 0.25) is 5.02 Å². The lowest BCUT2D eigenvalue weighted by Gasteiger charge is -2.12. The highest BCUT2D eigenvalue weighted by atomic mass is 35.5. The molecule has 0 fully saturated rings. The van der Waals surface area contributed by atoms with Crippen molar-refractivity contribution in [1.82, 2.24) is 4.98 Å². The van der Waals surface area contributed by atoms with E-state index in [1.165, 1.54) is 13.2 Å². The highest BCUT2D eigenvalue weighted by Gasteiger charge is 2.15. The maximum absolute atomic E-state index is 12.0. The molecule has 1 amide bonds. The van der Waals surface area contributed by atoms with Crippen molar-refractivity contribution in [3.05, 3.63) is 56.0 Å². The monoisotopic (exact) mass is 417 g/mol. The highest BCUT2D eigenvalue weighted by molar-refractivity contribution is 6.31. The van der Waals surface area contributed by atoms with Crippen molar-refractivity contribution in [1.29, 1.82) is 5.26 Å². The lowest BCUT2D eigenvalue weighted by molar-refractivity contribution is -0.147. The second-order valence-electron chi connectivity index (χ2n) is 6.22. The topological polar surface area (TPSA) is 121 Å². The van der Waals surface area contributed by atoms with Gasteiger partial charge in [0.05, 0.1) is 12.8 Å². The Morgan fingerprint density at radius 3 is 2.69 bits per heavy atom. The Hall–Kier alpha value is -3.31. The zero-order valence-electron chi connectivity index (χ0n) is 16.2. The third-order valence-electron chi connectivity index (χ3n) is 4.30. The van der Waals surface area contributed by atoms with Crippen molar-refractivity contribution in [3.63, 3.8) is 0 Å². The van der Waals surface area contributed by atoms with Crippen molar-refractivity contribution < 1.29 is 19.1 Å². The summed E-state index contributed by atoms with van der Waals surface area (Å²) in [5.74, 6) is -0.699. The van der Waals surface area contributed by atoms with Gasteiger partial charge in [0.25, 0.3) is 11.5 Å². The van der Waals surface area contributed by atoms with E-state index in [-0.39, 0.29) is 18.4 Å². The number of amides is 1. The molecular formula is C20H20ClN3O5. The maximum atomic E-state index is 12.0. The summed E-state index contributed by atoms with van der Waals surface area (Å²) < 4.78 is 10.1. The van der Waals surface area contributed by atoms with Crippen LogP contribution in [-0.4, -0.2) is 30.6 Å². The average Bonchev–Trinajstić information content (AvgIpc) is 2.66. The molecule has 8 nitrogen and oxygen atoms in total. The molecule has 0 saturated heterocycles. The summed E-state index contributed by atoms with van der Waals surface area (Å²) in [5, 5.41) is 12.1. The molecule has 152 valence electrons. The van der Waals surface area contributed by atoms with Crippen LogP contribution in [0.1, 0.15) is 28.8 Å². The first-order chi connectivity index (χ1) is 13.8. The highest BCUT2D eigenvalue weighted by Crippen LogP contribution is 2.27. The first-order valence-corrected chi connectivity index (χ1v) is 9.06. The largest absolute Gasteiger partial charge is 0.495 e. The maximum Gasteiger partial charge on any atom is 0.306 e. The molecule has 0 atom stereocenters. The minimum Gasteiger partial charge on any atom is -0.495 e. The predicted octanol–water partition coefficient (Wildman–Crippen LogP) is 2.64. The van der Waals surface area contributed by atoms with E-state index in [0.29, 0.717) is 33.3 Å². The van der Waals surface area contributed by atoms with Crippen LogP contribution in [0, 0.1) is 25.2 Å². The third kappa shape index (κ3) is 5.59. The Kier molecular flexibility index (Phi) is 7.39. The Labute approximate surface area is 172 Å². The van der Waals surface area contributed by atoms with E-state index in [0.717, 1.165) is 0 Å². The van der Waals surface area contributed by atoms with Crippen molar-refractivity contribution in [2.45, 2.75) is 26.7 Å². The molecule has 0 spiro atoms. The molecule has 0 radical (unpaired) electrons. The van der Waals surface area contributed by atoms with Crippen molar-refractivity contribution in [2.24, 2.45) is 0 Å². The predicted molar refractivity (Wildman–Crippen MR) is 107 cm³/mol. The number of aryl methyl sites for hydroxylation is 1. The number of methoxy groups -OCH3 is 1. The van der Waals surface area contributed by atoms with E-state index in [1.807, 2.05) is 6.07 Å². The van der Waals surface area contributed by atoms with E-state index in [9.17, 15) is 14.4 Å². The number of aromatic amines is 1. The van der Waals surface area contributed by atoms with E-state index in [2.05, 4.69) is 10.3 Å². The zero-order valence-corrected chi connectivity index (χ0v) is 17.0. The SMILES string of the molecule is COc1ccc(Cl)cc1NC(=O)COC(=O)CCc1c(C)[nH]c(=O)c(C#N)c1C. The molecule has 1 heterocycles. The van der Waals surface area contributed by atoms with Gasteiger partial charge in [-0.2, -0.15) is 5.26 Å². The van der Waals surface area contributed by atoms with Gasteiger partial charge in [0.2, 0.25) is 0 Å². The number of H-pyrrole nitrogens is 1. The van der Waals surface area contributed by atoms with Crippen LogP contribution in [0.5, 0.6) is 5.75 Å². The number of ether oxygens (including phenoxy) is 2. The van der Waals surface area contributed by atoms with Gasteiger partial charge in [-0.3, -0.25) is 14.4 Å². The number of carbonyl (C=O) groups is 2. The molecule has 2 rings (SSSR count). The van der Waals surface area contributed by atoms with Gasteiger partial charge in [-0.1, -0.05) is 11.6 Å². The number of nitrogens with one attached hydrogen (secondary N) is 2. The number of esters is 1. The normalized spacial score (nSPS) is 10.2. The van der Waals surface area contributed by atoms with Gasteiger partial charge in [-0.05, 0) is 49.6 Å². The van der Waals surface area contributed by atoms with Crippen LogP contribution >= 0.6 is 11.6 Å². The summed E-state index contributed by atoms with van der Waals surface area (Å²) in [5.41, 5.74) is 1.75. The molecule has 0 aliphatic rings. The number of nitrogens with zero attached hydrogens (tertiary/aromatic N) is 1. The number of nitriles is 1. The van der Waals surface area contributed by atoms with Crippen molar-refractivity contribution in [3.8, 4) is 11.8 Å². The molecule has 0 bridgehead atoms. The minimum atomic E-state index is -0.582. The average molecular weight is 418 g/mol. The fraction of sp³-hybridized carbons (Fsp3) is 0.300. The first kappa shape index (κ1) is 22.0. The fourth-order valence-corrected chi connectivity index (χ4v) is 3.00. The van der Waals surface area contributed by atoms with Crippen molar-refractivity contribution >= 4 is 29.2 Å². The number of rotatable bonds is 7. The molecule has 2 N–H and O–H groups in total. The van der Waals surface area contributed by atoms with Crippen LogP contribution in [0.3, 0.4) is 0 Å². The molecule has 29 heavy (non-hydrogen) atoms. The van der Waals surface area contributed by atoms with Gasteiger partial charge in [0.15, 0.2) is 6.61 Å². The lowest BCUT2D eigenvalue weighted by Crippen LogP contribution is -2.22. The summed E-state index contributed by atoms with van der Waals surface area (Å²) >= 11 is 5.91. The minimum absolute atomic E-state index is 0.00758. The molecule has 0 unspecified atom stereocenters. The second-order valence-corrected chi connectivity index (χ2v) is 6.66. The smallest absolute Gasteiger partial charge is 0.306 e. The van der Waals surface area contributed by atoms with E-state index in [4.69, 9.17) is 26.3 Å². The summed E-state index contributed by atoms with van der Waals surface area (Å²) in [6, 6.07) is 6.61. The molecule has 1 aromatic heterocycles. The van der Waals surface area contributed by atoms with Gasteiger partial charge < -0.3 is 19.8 Å². The molecule has 2 aromatic rings. The molecule has 0 saturated carbocycles. The molecular weight excluding hydrogens is 398 g/mol. The van der Waals surface area contributed by atoms with Crippen LogP contribution in [0.15, 0.2) is 23.0 Å². The van der Waals surface area contributed by atoms with Crippen LogP contribution in [0.4, 0.5) is 5.69 Å². The van der Waals surface area contributed by atoms with Gasteiger partial charge in [-0.15, -0.1) is 0 Å². The Bertz CT molecular complexity index is 1040. The number of hydrogen-bond acceptors (Lipinski definition) is 6. The number of halogens is 1. The number of aromatic nitrogens is 1. The van der Waals surface area contributed by atoms with Gasteiger partial charge in [0.1, 0.15) is 17.4 Å². The number of carbonyl (C=O) groups excluding carboxylic acids is 2. The molecule has 9 heteroatoms.